The van der Waals surface area contributed by atoms with Gasteiger partial charge >= 0.3 is 0 Å². The Morgan fingerprint density at radius 2 is 1.67 bits per heavy atom. The van der Waals surface area contributed by atoms with Gasteiger partial charge in [-0.25, -0.2) is 0 Å². The van der Waals surface area contributed by atoms with Crippen LogP contribution in [0.3, 0.4) is 0 Å². The summed E-state index contributed by atoms with van der Waals surface area (Å²) in [7, 11) is -1.70. The molecule has 120 valence electrons. The molecule has 0 heterocycles. The first kappa shape index (κ1) is 20.0. The molecule has 0 amide bonds. The van der Waals surface area contributed by atoms with Crippen LogP contribution in [0.2, 0.25) is 18.1 Å². The Hall–Kier alpha value is -1.03. The zero-order valence-corrected chi connectivity index (χ0v) is 14.8. The summed E-state index contributed by atoms with van der Waals surface area (Å²) in [5.74, 6) is 5.90. The molecule has 0 saturated carbocycles. The van der Waals surface area contributed by atoms with Crippen molar-refractivity contribution in [1.29, 1.82) is 0 Å². The van der Waals surface area contributed by atoms with E-state index in [-0.39, 0.29) is 5.04 Å². The van der Waals surface area contributed by atoms with E-state index in [9.17, 15) is 0 Å². The maximum atomic E-state index is 8.06. The molecular weight excluding hydrogens is 286 g/mol. The second kappa shape index (κ2) is 10.7. The summed E-state index contributed by atoms with van der Waals surface area (Å²) in [6.45, 7) is 13.6. The molecule has 0 radical (unpaired) electrons. The molecule has 0 aliphatic carbocycles. The van der Waals surface area contributed by atoms with Crippen LogP contribution < -0.4 is 0 Å². The fraction of sp³-hybridized carbons (Fsp3) is 0.857. The van der Waals surface area contributed by atoms with Crippen molar-refractivity contribution in [1.82, 2.24) is 0 Å². The Morgan fingerprint density at radius 1 is 1.05 bits per heavy atom. The van der Waals surface area contributed by atoms with Crippen molar-refractivity contribution in [3.8, 4) is 11.8 Å². The average Bonchev–Trinajstić information content (AvgIpc) is 2.38. The Morgan fingerprint density at radius 3 is 2.29 bits per heavy atom. The van der Waals surface area contributed by atoms with Crippen molar-refractivity contribution < 1.29 is 13.9 Å². The lowest BCUT2D eigenvalue weighted by atomic mass is 10.2. The third-order valence-corrected chi connectivity index (χ3v) is 7.86. The van der Waals surface area contributed by atoms with Crippen LogP contribution in [-0.4, -0.2) is 47.9 Å². The maximum absolute atomic E-state index is 8.06. The third-order valence-electron chi connectivity index (χ3n) is 3.38. The van der Waals surface area contributed by atoms with Crippen molar-refractivity contribution in [2.24, 2.45) is 5.11 Å². The average molecular weight is 313 g/mol. The summed E-state index contributed by atoms with van der Waals surface area (Å²) in [4.78, 5) is 2.63. The number of ether oxygens (including phenoxy) is 2. The first-order valence-corrected chi connectivity index (χ1v) is 9.98. The van der Waals surface area contributed by atoms with Crippen LogP contribution in [0.1, 0.15) is 20.8 Å². The molecule has 0 aliphatic heterocycles. The SMILES string of the molecule is CC(C)(C)[Si](C)(C)OCC#CCOCCOCCN=[N+]=[N-]. The zero-order chi connectivity index (χ0) is 16.2. The molecule has 0 rings (SSSR count). The van der Waals surface area contributed by atoms with Crippen molar-refractivity contribution in [2.45, 2.75) is 38.9 Å². The van der Waals surface area contributed by atoms with Gasteiger partial charge in [-0.2, -0.15) is 0 Å². The van der Waals surface area contributed by atoms with Crippen LogP contribution in [0.4, 0.5) is 0 Å². The van der Waals surface area contributed by atoms with E-state index in [1.165, 1.54) is 0 Å². The minimum absolute atomic E-state index is 0.206. The molecular formula is C14H27N3O3Si. The summed E-state index contributed by atoms with van der Waals surface area (Å²) in [6, 6.07) is 0. The van der Waals surface area contributed by atoms with Crippen molar-refractivity contribution in [3.63, 3.8) is 0 Å². The van der Waals surface area contributed by atoms with Crippen molar-refractivity contribution in [2.75, 3.05) is 39.6 Å². The standard InChI is InChI=1S/C14H27N3O3Si/c1-14(2,3)21(4,5)20-10-7-6-9-18-12-13-19-11-8-16-17-15/h8-13H2,1-5H3. The summed E-state index contributed by atoms with van der Waals surface area (Å²) >= 11 is 0. The quantitative estimate of drug-likeness (QED) is 0.163. The van der Waals surface area contributed by atoms with Gasteiger partial charge in [0.2, 0.25) is 0 Å². The van der Waals surface area contributed by atoms with Gasteiger partial charge in [-0.05, 0) is 23.7 Å². The van der Waals surface area contributed by atoms with E-state index >= 15 is 0 Å². The number of hydrogen-bond acceptors (Lipinski definition) is 4. The molecule has 0 N–H and O–H groups in total. The highest BCUT2D eigenvalue weighted by Crippen LogP contribution is 2.36. The minimum atomic E-state index is -1.70. The molecule has 0 fully saturated rings. The Kier molecular flexibility index (Phi) is 10.1. The van der Waals surface area contributed by atoms with Crippen LogP contribution in [0, 0.1) is 11.8 Å². The second-order valence-corrected chi connectivity index (χ2v) is 10.8. The molecule has 6 nitrogen and oxygen atoms in total. The van der Waals surface area contributed by atoms with Gasteiger partial charge in [0, 0.05) is 11.5 Å². The lowest BCUT2D eigenvalue weighted by Crippen LogP contribution is -2.40. The van der Waals surface area contributed by atoms with Crippen LogP contribution in [0.15, 0.2) is 5.11 Å². The first-order valence-electron chi connectivity index (χ1n) is 7.07. The van der Waals surface area contributed by atoms with Gasteiger partial charge in [0.15, 0.2) is 8.32 Å². The van der Waals surface area contributed by atoms with E-state index in [1.807, 2.05) is 0 Å². The molecule has 0 spiro atoms. The van der Waals surface area contributed by atoms with E-state index < -0.39 is 8.32 Å². The highest BCUT2D eigenvalue weighted by atomic mass is 28.4. The number of nitrogens with zero attached hydrogens (tertiary/aromatic N) is 3. The fourth-order valence-corrected chi connectivity index (χ4v) is 1.89. The largest absolute Gasteiger partial charge is 0.406 e. The monoisotopic (exact) mass is 313 g/mol. The van der Waals surface area contributed by atoms with Crippen LogP contribution >= 0.6 is 0 Å². The number of hydrogen-bond donors (Lipinski definition) is 0. The Labute approximate surface area is 128 Å². The van der Waals surface area contributed by atoms with Gasteiger partial charge in [0.25, 0.3) is 0 Å². The Bertz CT molecular complexity index is 390. The number of azide groups is 1. The Balaban J connectivity index is 3.57. The molecule has 0 aromatic heterocycles. The molecule has 0 atom stereocenters. The van der Waals surface area contributed by atoms with Crippen molar-refractivity contribution in [3.05, 3.63) is 10.4 Å². The lowest BCUT2D eigenvalue weighted by Gasteiger charge is -2.35. The van der Waals surface area contributed by atoms with Gasteiger partial charge in [0.1, 0.15) is 6.61 Å². The van der Waals surface area contributed by atoms with Crippen molar-refractivity contribution >= 4 is 8.32 Å². The normalized spacial score (nSPS) is 11.5. The minimum Gasteiger partial charge on any atom is -0.406 e. The summed E-state index contributed by atoms with van der Waals surface area (Å²) < 4.78 is 16.4. The topological polar surface area (TPSA) is 76.5 Å². The van der Waals surface area contributed by atoms with Crippen LogP contribution in [0.25, 0.3) is 10.4 Å². The molecule has 0 aromatic rings. The van der Waals surface area contributed by atoms with Gasteiger partial charge < -0.3 is 13.9 Å². The molecule has 0 aliphatic rings. The van der Waals surface area contributed by atoms with Gasteiger partial charge in [-0.1, -0.05) is 37.7 Å². The molecule has 7 heteroatoms. The first-order chi connectivity index (χ1) is 9.81. The molecule has 21 heavy (non-hydrogen) atoms. The van der Waals surface area contributed by atoms with Crippen LogP contribution in [-0.2, 0) is 13.9 Å². The predicted octanol–water partition coefficient (Wildman–Crippen LogP) is 3.36. The predicted molar refractivity (Wildman–Crippen MR) is 86.6 cm³/mol. The zero-order valence-electron chi connectivity index (χ0n) is 13.8. The van der Waals surface area contributed by atoms with Gasteiger partial charge in [-0.15, -0.1) is 0 Å². The third kappa shape index (κ3) is 10.4. The summed E-state index contributed by atoms with van der Waals surface area (Å²) in [5, 5.41) is 3.56. The van der Waals surface area contributed by atoms with Crippen LogP contribution in [0.5, 0.6) is 0 Å². The summed E-state index contributed by atoms with van der Waals surface area (Å²) in [6.07, 6.45) is 0. The molecule has 0 unspecified atom stereocenters. The second-order valence-electron chi connectivity index (χ2n) is 6.02. The van der Waals surface area contributed by atoms with Gasteiger partial charge in [0.05, 0.1) is 26.4 Å². The van der Waals surface area contributed by atoms with E-state index in [1.54, 1.807) is 0 Å². The van der Waals surface area contributed by atoms with E-state index in [0.29, 0.717) is 39.6 Å². The number of rotatable bonds is 9. The summed E-state index contributed by atoms with van der Waals surface area (Å²) in [5.41, 5.74) is 8.06. The van der Waals surface area contributed by atoms with E-state index in [2.05, 4.69) is 55.7 Å². The molecule has 0 aromatic carbocycles. The molecule has 0 bridgehead atoms. The van der Waals surface area contributed by atoms with E-state index in [4.69, 9.17) is 19.4 Å². The highest BCUT2D eigenvalue weighted by Gasteiger charge is 2.36. The van der Waals surface area contributed by atoms with E-state index in [0.717, 1.165) is 0 Å². The van der Waals surface area contributed by atoms with Gasteiger partial charge in [-0.3, -0.25) is 0 Å². The smallest absolute Gasteiger partial charge is 0.193 e. The fourth-order valence-electron chi connectivity index (χ4n) is 1.03. The maximum Gasteiger partial charge on any atom is 0.193 e. The highest BCUT2D eigenvalue weighted by molar-refractivity contribution is 6.74. The lowest BCUT2D eigenvalue weighted by molar-refractivity contribution is 0.0636. The molecule has 0 saturated heterocycles.